The molecular weight excluding hydrogens is 438 g/mol. The van der Waals surface area contributed by atoms with Gasteiger partial charge >= 0.3 is 11.6 Å². The van der Waals surface area contributed by atoms with E-state index >= 15 is 0 Å². The summed E-state index contributed by atoms with van der Waals surface area (Å²) >= 11 is 1.53. The molecule has 1 aliphatic heterocycles. The van der Waals surface area contributed by atoms with E-state index in [1.54, 1.807) is 12.1 Å². The van der Waals surface area contributed by atoms with Crippen molar-refractivity contribution in [3.05, 3.63) is 39.6 Å². The van der Waals surface area contributed by atoms with E-state index in [-0.39, 0.29) is 18.2 Å². The summed E-state index contributed by atoms with van der Waals surface area (Å²) in [5.74, 6) is -1.07. The summed E-state index contributed by atoms with van der Waals surface area (Å²) in [5, 5.41) is 15.3. The number of anilines is 1. The normalized spacial score (nSPS) is 15.7. The molecule has 2 aromatic heterocycles. The van der Waals surface area contributed by atoms with Gasteiger partial charge in [-0.25, -0.2) is 9.97 Å². The third kappa shape index (κ3) is 4.27. The molecule has 3 heterocycles. The quantitative estimate of drug-likeness (QED) is 0.396. The van der Waals surface area contributed by atoms with E-state index in [0.29, 0.717) is 30.7 Å². The van der Waals surface area contributed by atoms with E-state index in [4.69, 9.17) is 10.5 Å². The van der Waals surface area contributed by atoms with Crippen LogP contribution in [0.25, 0.3) is 10.2 Å². The Morgan fingerprint density at radius 2 is 2.22 bits per heavy atom. The Morgan fingerprint density at radius 1 is 1.41 bits per heavy atom. The Hall–Kier alpha value is -3.87. The molecule has 13 heteroatoms. The predicted molar refractivity (Wildman–Crippen MR) is 116 cm³/mol. The molecule has 1 saturated heterocycles. The summed E-state index contributed by atoms with van der Waals surface area (Å²) in [7, 11) is 0. The summed E-state index contributed by atoms with van der Waals surface area (Å²) in [6, 6.07) is 4.45. The van der Waals surface area contributed by atoms with Crippen LogP contribution in [0.2, 0.25) is 0 Å². The van der Waals surface area contributed by atoms with E-state index in [9.17, 15) is 19.7 Å². The summed E-state index contributed by atoms with van der Waals surface area (Å²) in [6.45, 7) is 1.94. The van der Waals surface area contributed by atoms with Crippen LogP contribution in [0.5, 0.6) is 11.6 Å². The first kappa shape index (κ1) is 21.4. The zero-order chi connectivity index (χ0) is 22.8. The summed E-state index contributed by atoms with van der Waals surface area (Å²) in [4.78, 5) is 48.8. The van der Waals surface area contributed by atoms with Gasteiger partial charge in [-0.05, 0) is 31.9 Å². The van der Waals surface area contributed by atoms with Crippen LogP contribution in [0.3, 0.4) is 0 Å². The van der Waals surface area contributed by atoms with Crippen molar-refractivity contribution < 1.29 is 19.2 Å². The van der Waals surface area contributed by atoms with Crippen molar-refractivity contribution in [1.82, 2.24) is 20.3 Å². The molecule has 0 radical (unpaired) electrons. The molecule has 0 bridgehead atoms. The molecular formula is C19H19N7O5S. The van der Waals surface area contributed by atoms with Gasteiger partial charge in [0.1, 0.15) is 18.1 Å². The number of carbonyl (C=O) groups excluding carboxylic acids is 2. The van der Waals surface area contributed by atoms with Crippen LogP contribution in [0, 0.1) is 17.0 Å². The number of nitro groups is 1. The SMILES string of the molecule is Cc1nc2cc(Oc3ncnc(N4CCCC4C(=O)NCC(N)=O)c3[N+](=O)[O-])ccc2s1. The standard InChI is InChI=1S/C19H19N7O5S/c1-10-24-12-7-11(4-5-14(12)32-10)31-19-16(26(29)30)17(22-9-23-19)25-6-2-3-13(25)18(28)21-8-15(20)27/h4-5,7,9,13H,2-3,6,8H2,1H3,(H2,20,27)(H,21,28). The molecule has 32 heavy (non-hydrogen) atoms. The third-order valence-electron chi connectivity index (χ3n) is 4.90. The summed E-state index contributed by atoms with van der Waals surface area (Å²) in [6.07, 6.45) is 2.22. The lowest BCUT2D eigenvalue weighted by Gasteiger charge is -2.24. The highest BCUT2D eigenvalue weighted by Crippen LogP contribution is 2.39. The van der Waals surface area contributed by atoms with Gasteiger partial charge in [-0.15, -0.1) is 11.3 Å². The van der Waals surface area contributed by atoms with Crippen LogP contribution < -0.4 is 20.7 Å². The molecule has 1 aliphatic rings. The number of nitrogens with one attached hydrogen (secondary N) is 1. The van der Waals surface area contributed by atoms with Crippen molar-refractivity contribution in [1.29, 1.82) is 0 Å². The lowest BCUT2D eigenvalue weighted by atomic mass is 10.2. The van der Waals surface area contributed by atoms with E-state index in [1.165, 1.54) is 16.2 Å². The average Bonchev–Trinajstić information content (AvgIpc) is 3.37. The van der Waals surface area contributed by atoms with Crippen molar-refractivity contribution in [2.75, 3.05) is 18.0 Å². The minimum absolute atomic E-state index is 0.0256. The topological polar surface area (TPSA) is 166 Å². The Kier molecular flexibility index (Phi) is 5.81. The molecule has 2 amide bonds. The number of hydrogen-bond donors (Lipinski definition) is 2. The van der Waals surface area contributed by atoms with Gasteiger partial charge in [0.25, 0.3) is 0 Å². The first-order valence-electron chi connectivity index (χ1n) is 9.70. The van der Waals surface area contributed by atoms with Crippen LogP contribution in [0.4, 0.5) is 11.5 Å². The van der Waals surface area contributed by atoms with Gasteiger partial charge in [-0.3, -0.25) is 19.7 Å². The Balaban J connectivity index is 1.66. The van der Waals surface area contributed by atoms with Gasteiger partial charge in [0.15, 0.2) is 0 Å². The van der Waals surface area contributed by atoms with Gasteiger partial charge in [0.2, 0.25) is 17.6 Å². The molecule has 3 N–H and O–H groups in total. The Morgan fingerprint density at radius 3 is 2.97 bits per heavy atom. The molecule has 12 nitrogen and oxygen atoms in total. The van der Waals surface area contributed by atoms with Crippen LogP contribution in [0.1, 0.15) is 17.8 Å². The van der Waals surface area contributed by atoms with Crippen LogP contribution in [0.15, 0.2) is 24.5 Å². The van der Waals surface area contributed by atoms with Crippen molar-refractivity contribution in [2.24, 2.45) is 5.73 Å². The van der Waals surface area contributed by atoms with E-state index in [0.717, 1.165) is 16.0 Å². The number of aromatic nitrogens is 3. The second-order valence-corrected chi connectivity index (χ2v) is 8.34. The highest BCUT2D eigenvalue weighted by molar-refractivity contribution is 7.18. The molecule has 0 aliphatic carbocycles. The Bertz CT molecular complexity index is 1210. The van der Waals surface area contributed by atoms with Gasteiger partial charge in [0, 0.05) is 12.6 Å². The van der Waals surface area contributed by atoms with Crippen molar-refractivity contribution in [3.8, 4) is 11.6 Å². The predicted octanol–water partition coefficient (Wildman–Crippen LogP) is 1.67. The van der Waals surface area contributed by atoms with Gasteiger partial charge in [-0.2, -0.15) is 4.98 Å². The molecule has 1 atom stereocenters. The maximum Gasteiger partial charge on any atom is 0.373 e. The number of nitrogens with zero attached hydrogens (tertiary/aromatic N) is 5. The number of primary amides is 1. The monoisotopic (exact) mass is 457 g/mol. The van der Waals surface area contributed by atoms with Gasteiger partial charge in [-0.1, -0.05) is 0 Å². The molecule has 4 rings (SSSR count). The maximum atomic E-state index is 12.5. The summed E-state index contributed by atoms with van der Waals surface area (Å²) < 4.78 is 6.71. The van der Waals surface area contributed by atoms with E-state index < -0.39 is 28.5 Å². The van der Waals surface area contributed by atoms with Crippen molar-refractivity contribution >= 4 is 44.9 Å². The van der Waals surface area contributed by atoms with Gasteiger partial charge in [0.05, 0.1) is 26.7 Å². The molecule has 0 saturated carbocycles. The fraction of sp³-hybridized carbons (Fsp3) is 0.316. The fourth-order valence-corrected chi connectivity index (χ4v) is 4.39. The minimum atomic E-state index is -0.731. The lowest BCUT2D eigenvalue weighted by molar-refractivity contribution is -0.385. The number of amides is 2. The highest BCUT2D eigenvalue weighted by Gasteiger charge is 2.38. The number of aryl methyl sites for hydroxylation is 1. The number of hydrogen-bond acceptors (Lipinski definition) is 10. The number of benzene rings is 1. The third-order valence-corrected chi connectivity index (χ3v) is 5.85. The largest absolute Gasteiger partial charge is 0.433 e. The lowest BCUT2D eigenvalue weighted by Crippen LogP contribution is -2.46. The average molecular weight is 457 g/mol. The minimum Gasteiger partial charge on any atom is -0.433 e. The van der Waals surface area contributed by atoms with Gasteiger partial charge < -0.3 is 20.7 Å². The molecule has 0 spiro atoms. The van der Waals surface area contributed by atoms with Crippen molar-refractivity contribution in [2.45, 2.75) is 25.8 Å². The second-order valence-electron chi connectivity index (χ2n) is 7.11. The zero-order valence-electron chi connectivity index (χ0n) is 17.0. The first-order chi connectivity index (χ1) is 15.3. The summed E-state index contributed by atoms with van der Waals surface area (Å²) in [5.41, 5.74) is 5.35. The van der Waals surface area contributed by atoms with Crippen LogP contribution in [-0.2, 0) is 9.59 Å². The molecule has 1 unspecified atom stereocenters. The van der Waals surface area contributed by atoms with Crippen molar-refractivity contribution in [3.63, 3.8) is 0 Å². The molecule has 166 valence electrons. The highest BCUT2D eigenvalue weighted by atomic mass is 32.1. The molecule has 1 fully saturated rings. The number of rotatable bonds is 7. The fourth-order valence-electron chi connectivity index (χ4n) is 3.58. The van der Waals surface area contributed by atoms with E-state index in [1.807, 2.05) is 13.0 Å². The van der Waals surface area contributed by atoms with E-state index in [2.05, 4.69) is 20.3 Å². The Labute approximate surface area is 185 Å². The second kappa shape index (κ2) is 8.70. The van der Waals surface area contributed by atoms with Crippen LogP contribution >= 0.6 is 11.3 Å². The van der Waals surface area contributed by atoms with Crippen LogP contribution in [-0.4, -0.2) is 50.8 Å². The first-order valence-corrected chi connectivity index (χ1v) is 10.5. The maximum absolute atomic E-state index is 12.5. The molecule has 3 aromatic rings. The number of thiazole rings is 1. The zero-order valence-corrected chi connectivity index (χ0v) is 17.8. The number of nitrogens with two attached hydrogens (primary N) is 1. The number of fused-ring (bicyclic) bond motifs is 1. The smallest absolute Gasteiger partial charge is 0.373 e. The molecule has 1 aromatic carbocycles. The number of ether oxygens (including phenoxy) is 1. The number of carbonyl (C=O) groups is 2.